The molecule has 32 heavy (non-hydrogen) atoms. The molecule has 0 unspecified atom stereocenters. The van der Waals surface area contributed by atoms with E-state index in [4.69, 9.17) is 32.4 Å². The zero-order valence-corrected chi connectivity index (χ0v) is 18.9. The Morgan fingerprint density at radius 1 is 1.00 bits per heavy atom. The second-order valence-electron chi connectivity index (χ2n) is 7.42. The van der Waals surface area contributed by atoms with Crippen molar-refractivity contribution in [2.75, 3.05) is 11.9 Å². The van der Waals surface area contributed by atoms with E-state index in [1.165, 1.54) is 6.26 Å². The minimum atomic E-state index is -0.286. The van der Waals surface area contributed by atoms with E-state index in [0.717, 1.165) is 16.8 Å². The molecule has 1 aromatic heterocycles. The van der Waals surface area contributed by atoms with Crippen molar-refractivity contribution in [1.29, 1.82) is 0 Å². The molecule has 0 aliphatic rings. The summed E-state index contributed by atoms with van der Waals surface area (Å²) in [5, 5.41) is 4.04. The van der Waals surface area contributed by atoms with Crippen LogP contribution in [-0.4, -0.2) is 12.5 Å². The van der Waals surface area contributed by atoms with Crippen LogP contribution in [0.2, 0.25) is 10.0 Å². The average molecular weight is 468 g/mol. The third-order valence-corrected chi connectivity index (χ3v) is 5.54. The Labute approximate surface area is 194 Å². The maximum Gasteiger partial charge on any atom is 0.262 e. The summed E-state index contributed by atoms with van der Waals surface area (Å²) >= 11 is 12.2. The number of anilines is 1. The number of halogens is 2. The number of hydrogen-bond acceptors (Lipinski definition) is 4. The normalized spacial score (nSPS) is 10.9. The van der Waals surface area contributed by atoms with Crippen molar-refractivity contribution in [2.24, 2.45) is 0 Å². The van der Waals surface area contributed by atoms with Gasteiger partial charge in [0.1, 0.15) is 17.6 Å². The summed E-state index contributed by atoms with van der Waals surface area (Å²) in [6.45, 7) is 3.74. The van der Waals surface area contributed by atoms with Gasteiger partial charge in [-0.25, -0.2) is 0 Å². The molecule has 3 aromatic carbocycles. The number of nitrogens with one attached hydrogen (secondary N) is 1. The molecule has 0 saturated carbocycles. The second-order valence-corrected chi connectivity index (χ2v) is 8.26. The third-order valence-electron chi connectivity index (χ3n) is 4.99. The molecule has 0 aliphatic carbocycles. The van der Waals surface area contributed by atoms with Crippen LogP contribution in [-0.2, 0) is 4.79 Å². The van der Waals surface area contributed by atoms with E-state index < -0.39 is 0 Å². The van der Waals surface area contributed by atoms with Crippen LogP contribution in [0, 0.1) is 13.8 Å². The van der Waals surface area contributed by atoms with Gasteiger partial charge >= 0.3 is 0 Å². The molecule has 4 rings (SSSR count). The summed E-state index contributed by atoms with van der Waals surface area (Å²) in [7, 11) is 0. The number of fused-ring (bicyclic) bond motifs is 1. The van der Waals surface area contributed by atoms with E-state index in [2.05, 4.69) is 5.32 Å². The lowest BCUT2D eigenvalue weighted by atomic mass is 10.1. The smallest absolute Gasteiger partial charge is 0.262 e. The zero-order chi connectivity index (χ0) is 22.8. The van der Waals surface area contributed by atoms with E-state index in [1.54, 1.807) is 36.4 Å². The van der Waals surface area contributed by atoms with Gasteiger partial charge in [0.15, 0.2) is 6.61 Å². The maximum absolute atomic E-state index is 12.9. The average Bonchev–Trinajstić information content (AvgIpc) is 2.75. The number of carbonyl (C=O) groups excluding carboxylic acids is 1. The van der Waals surface area contributed by atoms with Crippen LogP contribution >= 0.6 is 23.2 Å². The number of amides is 1. The number of benzene rings is 3. The van der Waals surface area contributed by atoms with Crippen LogP contribution in [0.25, 0.3) is 22.1 Å². The Morgan fingerprint density at radius 3 is 2.56 bits per heavy atom. The fraction of sp³-hybridized carbons (Fsp3) is 0.120. The molecule has 0 aliphatic heterocycles. The molecule has 0 saturated heterocycles. The van der Waals surface area contributed by atoms with Crippen molar-refractivity contribution in [2.45, 2.75) is 13.8 Å². The Hall–Kier alpha value is -3.28. The molecule has 162 valence electrons. The van der Waals surface area contributed by atoms with E-state index >= 15 is 0 Å². The monoisotopic (exact) mass is 467 g/mol. The van der Waals surface area contributed by atoms with Crippen molar-refractivity contribution < 1.29 is 13.9 Å². The number of ether oxygens (including phenoxy) is 1. The minimum absolute atomic E-state index is 0.179. The fourth-order valence-electron chi connectivity index (χ4n) is 3.38. The number of carbonyl (C=O) groups is 1. The van der Waals surface area contributed by atoms with E-state index in [9.17, 15) is 9.59 Å². The standard InChI is InChI=1S/C25H19Cl2NO4/c1-14-3-8-22(15(2)9-14)28-24(29)13-31-17-5-7-19-23(11-17)32-12-20(25(19)30)18-6-4-16(26)10-21(18)27/h3-12H,13H2,1-2H3,(H,28,29). The highest BCUT2D eigenvalue weighted by molar-refractivity contribution is 6.36. The lowest BCUT2D eigenvalue weighted by molar-refractivity contribution is -0.118. The summed E-state index contributed by atoms with van der Waals surface area (Å²) in [4.78, 5) is 25.2. The molecule has 0 radical (unpaired) electrons. The van der Waals surface area contributed by atoms with Gasteiger partial charge in [0.05, 0.1) is 16.0 Å². The van der Waals surface area contributed by atoms with Crippen molar-refractivity contribution in [3.8, 4) is 16.9 Å². The van der Waals surface area contributed by atoms with Gasteiger partial charge in [0, 0.05) is 22.3 Å². The highest BCUT2D eigenvalue weighted by Crippen LogP contribution is 2.30. The summed E-state index contributed by atoms with van der Waals surface area (Å²) in [6, 6.07) is 15.5. The fourth-order valence-corrected chi connectivity index (χ4v) is 3.89. The maximum atomic E-state index is 12.9. The molecule has 5 nitrogen and oxygen atoms in total. The summed E-state index contributed by atoms with van der Waals surface area (Å²) in [5.41, 5.74) is 3.82. The van der Waals surface area contributed by atoms with Crippen LogP contribution in [0.3, 0.4) is 0 Å². The number of hydrogen-bond donors (Lipinski definition) is 1. The Bertz CT molecular complexity index is 1390. The first-order chi connectivity index (χ1) is 15.3. The van der Waals surface area contributed by atoms with Crippen LogP contribution < -0.4 is 15.5 Å². The van der Waals surface area contributed by atoms with Gasteiger partial charge in [-0.15, -0.1) is 0 Å². The summed E-state index contributed by atoms with van der Waals surface area (Å²) in [6.07, 6.45) is 1.36. The molecule has 1 N–H and O–H groups in total. The molecule has 1 amide bonds. The number of aryl methyl sites for hydroxylation is 2. The Kier molecular flexibility index (Phi) is 6.21. The molecule has 0 bridgehead atoms. The predicted molar refractivity (Wildman–Crippen MR) is 128 cm³/mol. The first-order valence-corrected chi connectivity index (χ1v) is 10.6. The lowest BCUT2D eigenvalue weighted by Crippen LogP contribution is -2.20. The molecular weight excluding hydrogens is 449 g/mol. The second kappa shape index (κ2) is 9.07. The van der Waals surface area contributed by atoms with Gasteiger partial charge in [-0.1, -0.05) is 47.0 Å². The van der Waals surface area contributed by atoms with Crippen LogP contribution in [0.1, 0.15) is 11.1 Å². The molecular formula is C25H19Cl2NO4. The predicted octanol–water partition coefficient (Wildman–Crippen LogP) is 6.40. The third kappa shape index (κ3) is 4.64. The highest BCUT2D eigenvalue weighted by Gasteiger charge is 2.13. The van der Waals surface area contributed by atoms with Gasteiger partial charge in [0.25, 0.3) is 5.91 Å². The van der Waals surface area contributed by atoms with Crippen LogP contribution in [0.5, 0.6) is 5.75 Å². The molecule has 0 fully saturated rings. The van der Waals surface area contributed by atoms with Gasteiger partial charge in [-0.05, 0) is 49.7 Å². The Balaban J connectivity index is 1.51. The SMILES string of the molecule is Cc1ccc(NC(=O)COc2ccc3c(=O)c(-c4ccc(Cl)cc4Cl)coc3c2)c(C)c1. The van der Waals surface area contributed by atoms with Crippen molar-refractivity contribution in [3.05, 3.63) is 92.3 Å². The van der Waals surface area contributed by atoms with Gasteiger partial charge in [-0.2, -0.15) is 0 Å². The Morgan fingerprint density at radius 2 is 1.81 bits per heavy atom. The highest BCUT2D eigenvalue weighted by atomic mass is 35.5. The molecule has 7 heteroatoms. The van der Waals surface area contributed by atoms with Crippen molar-refractivity contribution >= 4 is 45.8 Å². The van der Waals surface area contributed by atoms with Gasteiger partial charge in [0.2, 0.25) is 5.43 Å². The quantitative estimate of drug-likeness (QED) is 0.368. The zero-order valence-electron chi connectivity index (χ0n) is 17.4. The lowest BCUT2D eigenvalue weighted by Gasteiger charge is -2.11. The molecule has 0 atom stereocenters. The van der Waals surface area contributed by atoms with E-state index in [0.29, 0.717) is 37.9 Å². The van der Waals surface area contributed by atoms with Crippen molar-refractivity contribution in [1.82, 2.24) is 0 Å². The van der Waals surface area contributed by atoms with E-state index in [1.807, 2.05) is 32.0 Å². The summed E-state index contributed by atoms with van der Waals surface area (Å²) < 4.78 is 11.3. The van der Waals surface area contributed by atoms with Crippen LogP contribution in [0.15, 0.2) is 70.1 Å². The van der Waals surface area contributed by atoms with Gasteiger partial charge < -0.3 is 14.5 Å². The van der Waals surface area contributed by atoms with Crippen LogP contribution in [0.4, 0.5) is 5.69 Å². The van der Waals surface area contributed by atoms with Gasteiger partial charge in [-0.3, -0.25) is 9.59 Å². The first kappa shape index (κ1) is 21.9. The minimum Gasteiger partial charge on any atom is -0.484 e. The number of rotatable bonds is 5. The first-order valence-electron chi connectivity index (χ1n) is 9.83. The summed E-state index contributed by atoms with van der Waals surface area (Å²) in [5.74, 6) is 0.125. The topological polar surface area (TPSA) is 68.5 Å². The molecule has 4 aromatic rings. The largest absolute Gasteiger partial charge is 0.484 e. The van der Waals surface area contributed by atoms with E-state index in [-0.39, 0.29) is 17.9 Å². The van der Waals surface area contributed by atoms with Crippen molar-refractivity contribution in [3.63, 3.8) is 0 Å². The molecule has 0 spiro atoms. The molecule has 1 heterocycles.